The van der Waals surface area contributed by atoms with Crippen molar-refractivity contribution in [1.82, 2.24) is 5.32 Å². The first-order valence-corrected chi connectivity index (χ1v) is 6.43. The Morgan fingerprint density at radius 1 is 1.26 bits per heavy atom. The van der Waals surface area contributed by atoms with E-state index in [0.29, 0.717) is 0 Å². The summed E-state index contributed by atoms with van der Waals surface area (Å²) in [5.74, 6) is 0.475. The fourth-order valence-electron chi connectivity index (χ4n) is 1.64. The van der Waals surface area contributed by atoms with Crippen LogP contribution in [0.4, 0.5) is 0 Å². The molecule has 0 aromatic heterocycles. The fraction of sp³-hybridized carbons (Fsp3) is 0.429. The van der Waals surface area contributed by atoms with Crippen molar-refractivity contribution in [3.8, 4) is 5.75 Å². The average Bonchev–Trinajstić information content (AvgIpc) is 2.36. The number of methoxy groups -OCH3 is 1. The normalized spacial score (nSPS) is 12.1. The Morgan fingerprint density at radius 3 is 2.26 bits per heavy atom. The van der Waals surface area contributed by atoms with Crippen LogP contribution in [0.3, 0.4) is 0 Å². The molecule has 0 aliphatic heterocycles. The molecule has 0 fully saturated rings. The van der Waals surface area contributed by atoms with Crippen LogP contribution in [-0.4, -0.2) is 24.3 Å². The summed E-state index contributed by atoms with van der Waals surface area (Å²) >= 11 is 5.46. The molecule has 1 aromatic carbocycles. The van der Waals surface area contributed by atoms with E-state index in [0.717, 1.165) is 11.3 Å². The van der Waals surface area contributed by atoms with Gasteiger partial charge in [0.25, 0.3) is 0 Å². The van der Waals surface area contributed by atoms with Gasteiger partial charge >= 0.3 is 0 Å². The van der Waals surface area contributed by atoms with Crippen LogP contribution in [0.5, 0.6) is 5.75 Å². The lowest BCUT2D eigenvalue weighted by Crippen LogP contribution is -2.43. The third kappa shape index (κ3) is 4.91. The molecule has 0 saturated carbocycles. The smallest absolute Gasteiger partial charge is 0.244 e. The molecule has 19 heavy (non-hydrogen) atoms. The maximum atomic E-state index is 11.8. The van der Waals surface area contributed by atoms with E-state index < -0.39 is 11.3 Å². The predicted octanol–water partition coefficient (Wildman–Crippen LogP) is 2.14. The van der Waals surface area contributed by atoms with E-state index in [1.807, 2.05) is 26.0 Å². The van der Waals surface area contributed by atoms with Crippen molar-refractivity contribution in [1.29, 1.82) is 0 Å². The number of hydrogen-bond donors (Lipinski definition) is 1. The number of hydrogen-bond acceptors (Lipinski definition) is 3. The zero-order valence-corrected chi connectivity index (χ0v) is 12.0. The van der Waals surface area contributed by atoms with Gasteiger partial charge in [-0.15, -0.1) is 0 Å². The molecule has 0 aliphatic carbocycles. The second kappa shape index (κ2) is 7.14. The van der Waals surface area contributed by atoms with Crippen LogP contribution in [0, 0.1) is 5.92 Å². The Morgan fingerprint density at radius 2 is 1.84 bits per heavy atom. The van der Waals surface area contributed by atoms with E-state index in [1.165, 1.54) is 0 Å². The summed E-state index contributed by atoms with van der Waals surface area (Å²) in [4.78, 5) is 23.0. The SMILES string of the molecule is COc1ccc(CC(=O)NC(C(=O)Cl)C(C)C)cc1. The number of benzene rings is 1. The molecule has 1 unspecified atom stereocenters. The maximum absolute atomic E-state index is 11.8. The van der Waals surface area contributed by atoms with Crippen LogP contribution in [0.2, 0.25) is 0 Å². The van der Waals surface area contributed by atoms with E-state index in [-0.39, 0.29) is 18.2 Å². The van der Waals surface area contributed by atoms with E-state index >= 15 is 0 Å². The summed E-state index contributed by atoms with van der Waals surface area (Å²) in [7, 11) is 1.58. The molecular formula is C14H18ClNO3. The van der Waals surface area contributed by atoms with Crippen molar-refractivity contribution in [3.05, 3.63) is 29.8 Å². The van der Waals surface area contributed by atoms with Gasteiger partial charge in [0.2, 0.25) is 11.1 Å². The summed E-state index contributed by atoms with van der Waals surface area (Å²) in [5.41, 5.74) is 0.850. The first-order valence-electron chi connectivity index (χ1n) is 6.05. The quantitative estimate of drug-likeness (QED) is 0.814. The molecule has 1 aromatic rings. The largest absolute Gasteiger partial charge is 0.497 e. The zero-order chi connectivity index (χ0) is 14.4. The predicted molar refractivity (Wildman–Crippen MR) is 74.3 cm³/mol. The molecule has 4 nitrogen and oxygen atoms in total. The number of nitrogens with one attached hydrogen (secondary N) is 1. The minimum Gasteiger partial charge on any atom is -0.497 e. The lowest BCUT2D eigenvalue weighted by molar-refractivity contribution is -0.125. The Hall–Kier alpha value is -1.55. The molecule has 1 amide bonds. The monoisotopic (exact) mass is 283 g/mol. The number of ether oxygens (including phenoxy) is 1. The van der Waals surface area contributed by atoms with Crippen LogP contribution in [0.25, 0.3) is 0 Å². The lowest BCUT2D eigenvalue weighted by atomic mass is 10.0. The van der Waals surface area contributed by atoms with Crippen molar-refractivity contribution in [2.24, 2.45) is 5.92 Å². The Bertz CT molecular complexity index is 443. The van der Waals surface area contributed by atoms with Gasteiger partial charge in [0, 0.05) is 0 Å². The van der Waals surface area contributed by atoms with Crippen LogP contribution in [-0.2, 0) is 16.0 Å². The molecule has 0 radical (unpaired) electrons. The van der Waals surface area contributed by atoms with Crippen molar-refractivity contribution < 1.29 is 14.3 Å². The highest BCUT2D eigenvalue weighted by Gasteiger charge is 2.22. The minimum absolute atomic E-state index is 0.0372. The molecule has 1 N–H and O–H groups in total. The van der Waals surface area contributed by atoms with Gasteiger partial charge in [0.1, 0.15) is 11.8 Å². The summed E-state index contributed by atoms with van der Waals surface area (Å²) in [6.07, 6.45) is 0.206. The van der Waals surface area contributed by atoms with Gasteiger partial charge in [-0.05, 0) is 35.2 Å². The highest BCUT2D eigenvalue weighted by molar-refractivity contribution is 6.64. The zero-order valence-electron chi connectivity index (χ0n) is 11.3. The number of carbonyl (C=O) groups is 2. The molecule has 5 heteroatoms. The van der Waals surface area contributed by atoms with E-state index in [2.05, 4.69) is 5.32 Å². The molecule has 0 aliphatic rings. The maximum Gasteiger partial charge on any atom is 0.244 e. The number of rotatable bonds is 6. The molecular weight excluding hydrogens is 266 g/mol. The average molecular weight is 284 g/mol. The highest BCUT2D eigenvalue weighted by atomic mass is 35.5. The van der Waals surface area contributed by atoms with Gasteiger partial charge in [0.15, 0.2) is 0 Å². The van der Waals surface area contributed by atoms with Crippen LogP contribution < -0.4 is 10.1 Å². The van der Waals surface area contributed by atoms with Crippen LogP contribution in [0.1, 0.15) is 19.4 Å². The van der Waals surface area contributed by atoms with Crippen molar-refractivity contribution in [2.75, 3.05) is 7.11 Å². The second-order valence-electron chi connectivity index (χ2n) is 4.62. The number of amides is 1. The Kier molecular flexibility index (Phi) is 5.83. The molecule has 1 rings (SSSR count). The topological polar surface area (TPSA) is 55.4 Å². The summed E-state index contributed by atoms with van der Waals surface area (Å²) < 4.78 is 5.04. The third-order valence-corrected chi connectivity index (χ3v) is 2.99. The van der Waals surface area contributed by atoms with E-state index in [1.54, 1.807) is 19.2 Å². The first kappa shape index (κ1) is 15.5. The molecule has 0 spiro atoms. The Labute approximate surface area is 118 Å². The fourth-order valence-corrected chi connectivity index (χ4v) is 1.95. The molecule has 0 saturated heterocycles. The van der Waals surface area contributed by atoms with Gasteiger partial charge in [-0.3, -0.25) is 9.59 Å². The van der Waals surface area contributed by atoms with E-state index in [4.69, 9.17) is 16.3 Å². The van der Waals surface area contributed by atoms with Crippen molar-refractivity contribution in [3.63, 3.8) is 0 Å². The standard InChI is InChI=1S/C14H18ClNO3/c1-9(2)13(14(15)18)16-12(17)8-10-4-6-11(19-3)7-5-10/h4-7,9,13H,8H2,1-3H3,(H,16,17). The first-order chi connectivity index (χ1) is 8.93. The number of carbonyl (C=O) groups excluding carboxylic acids is 2. The van der Waals surface area contributed by atoms with Gasteiger partial charge in [-0.25, -0.2) is 0 Å². The number of halogens is 1. The minimum atomic E-state index is -0.646. The molecule has 1 atom stereocenters. The van der Waals surface area contributed by atoms with Gasteiger partial charge in [-0.1, -0.05) is 26.0 Å². The molecule has 0 heterocycles. The van der Waals surface area contributed by atoms with Gasteiger partial charge in [0.05, 0.1) is 13.5 Å². The third-order valence-electron chi connectivity index (χ3n) is 2.75. The highest BCUT2D eigenvalue weighted by Crippen LogP contribution is 2.12. The lowest BCUT2D eigenvalue weighted by Gasteiger charge is -2.18. The van der Waals surface area contributed by atoms with E-state index in [9.17, 15) is 9.59 Å². The summed E-state index contributed by atoms with van der Waals surface area (Å²) in [5, 5.41) is 2.10. The molecule has 0 bridgehead atoms. The Balaban J connectivity index is 2.61. The van der Waals surface area contributed by atoms with Crippen LogP contribution >= 0.6 is 11.6 Å². The van der Waals surface area contributed by atoms with Gasteiger partial charge in [-0.2, -0.15) is 0 Å². The summed E-state index contributed by atoms with van der Waals surface area (Å²) in [6, 6.07) is 6.55. The van der Waals surface area contributed by atoms with Crippen LogP contribution in [0.15, 0.2) is 24.3 Å². The summed E-state index contributed by atoms with van der Waals surface area (Å²) in [6.45, 7) is 3.66. The second-order valence-corrected chi connectivity index (χ2v) is 4.99. The van der Waals surface area contributed by atoms with Gasteiger partial charge < -0.3 is 10.1 Å². The van der Waals surface area contributed by atoms with Crippen molar-refractivity contribution in [2.45, 2.75) is 26.3 Å². The van der Waals surface area contributed by atoms with Crippen molar-refractivity contribution >= 4 is 22.8 Å². The molecule has 104 valence electrons.